The highest BCUT2D eigenvalue weighted by molar-refractivity contribution is 7.90. The van der Waals surface area contributed by atoms with E-state index in [9.17, 15) is 17.6 Å². The van der Waals surface area contributed by atoms with Crippen LogP contribution in [0.3, 0.4) is 0 Å². The number of ether oxygens (including phenoxy) is 2. The van der Waals surface area contributed by atoms with E-state index < -0.39 is 21.3 Å². The van der Waals surface area contributed by atoms with Crippen LogP contribution in [0, 0.1) is 18.7 Å². The highest BCUT2D eigenvalue weighted by atomic mass is 32.2. The first-order valence-corrected chi connectivity index (χ1v) is 11.9. The third-order valence-corrected chi connectivity index (χ3v) is 6.10. The number of rotatable bonds is 6. The van der Waals surface area contributed by atoms with Gasteiger partial charge in [0.15, 0.2) is 9.84 Å². The Labute approximate surface area is 173 Å². The van der Waals surface area contributed by atoms with Crippen LogP contribution in [0.2, 0.25) is 0 Å². The van der Waals surface area contributed by atoms with Crippen molar-refractivity contribution in [1.82, 2.24) is 4.90 Å². The summed E-state index contributed by atoms with van der Waals surface area (Å²) in [6, 6.07) is 2.76. The van der Waals surface area contributed by atoms with Crippen molar-refractivity contribution in [3.05, 3.63) is 23.5 Å². The molecule has 6 nitrogen and oxygen atoms in total. The van der Waals surface area contributed by atoms with Crippen LogP contribution in [0.5, 0.6) is 5.75 Å². The minimum atomic E-state index is -3.60. The van der Waals surface area contributed by atoms with Gasteiger partial charge in [-0.1, -0.05) is 0 Å². The van der Waals surface area contributed by atoms with Crippen LogP contribution in [0.4, 0.5) is 9.18 Å². The number of hydrogen-bond acceptors (Lipinski definition) is 5. The highest BCUT2D eigenvalue weighted by Gasteiger charge is 2.26. The van der Waals surface area contributed by atoms with Crippen molar-refractivity contribution >= 4 is 15.9 Å². The van der Waals surface area contributed by atoms with Crippen molar-refractivity contribution in [2.45, 2.75) is 63.9 Å². The fraction of sp³-hybridized carbons (Fsp3) is 0.667. The first kappa shape index (κ1) is 23.4. The number of carbonyl (C=O) groups excluding carboxylic acids is 1. The van der Waals surface area contributed by atoms with Crippen LogP contribution >= 0.6 is 0 Å². The molecular formula is C21H32FNO5S. The van der Waals surface area contributed by atoms with Gasteiger partial charge in [-0.3, -0.25) is 0 Å². The lowest BCUT2D eigenvalue weighted by atomic mass is 9.92. The summed E-state index contributed by atoms with van der Waals surface area (Å²) in [5.41, 5.74) is -0.277. The second-order valence-electron chi connectivity index (χ2n) is 8.67. The summed E-state index contributed by atoms with van der Waals surface area (Å²) in [4.78, 5) is 13.5. The minimum Gasteiger partial charge on any atom is -0.493 e. The molecule has 1 fully saturated rings. The smallest absolute Gasteiger partial charge is 0.410 e. The molecule has 0 radical (unpaired) electrons. The van der Waals surface area contributed by atoms with Crippen LogP contribution in [0.25, 0.3) is 0 Å². The molecule has 0 unspecified atom stereocenters. The third kappa shape index (κ3) is 6.87. The Kier molecular flexibility index (Phi) is 7.54. The van der Waals surface area contributed by atoms with Crippen molar-refractivity contribution in [2.75, 3.05) is 26.0 Å². The van der Waals surface area contributed by atoms with Crippen LogP contribution in [0.15, 0.2) is 17.0 Å². The lowest BCUT2D eigenvalue weighted by molar-refractivity contribution is 0.0179. The summed E-state index contributed by atoms with van der Waals surface area (Å²) in [6.45, 7) is 8.92. The molecule has 0 saturated carbocycles. The Morgan fingerprint density at radius 1 is 1.24 bits per heavy atom. The number of benzene rings is 1. The van der Waals surface area contributed by atoms with E-state index in [1.807, 2.05) is 20.8 Å². The summed E-state index contributed by atoms with van der Waals surface area (Å²) < 4.78 is 48.5. The van der Waals surface area contributed by atoms with E-state index in [4.69, 9.17) is 9.47 Å². The molecule has 0 spiro atoms. The average molecular weight is 430 g/mol. The molecule has 1 aromatic rings. The first-order chi connectivity index (χ1) is 13.4. The topological polar surface area (TPSA) is 72.9 Å². The van der Waals surface area contributed by atoms with E-state index in [1.165, 1.54) is 19.1 Å². The van der Waals surface area contributed by atoms with Crippen molar-refractivity contribution in [3.8, 4) is 5.75 Å². The van der Waals surface area contributed by atoms with E-state index in [0.29, 0.717) is 31.4 Å². The molecule has 0 N–H and O–H groups in total. The largest absolute Gasteiger partial charge is 0.493 e. The zero-order valence-electron chi connectivity index (χ0n) is 18.0. The molecule has 1 aliphatic heterocycles. The third-order valence-electron chi connectivity index (χ3n) is 4.98. The fourth-order valence-electron chi connectivity index (χ4n) is 3.37. The summed E-state index contributed by atoms with van der Waals surface area (Å²) in [5.74, 6) is 0.136. The Hall–Kier alpha value is -1.83. The van der Waals surface area contributed by atoms with Gasteiger partial charge >= 0.3 is 6.09 Å². The normalized spacial score (nSPS) is 16.0. The molecule has 8 heteroatoms. The predicted octanol–water partition coefficient (Wildman–Crippen LogP) is 4.34. The summed E-state index contributed by atoms with van der Waals surface area (Å²) >= 11 is 0. The molecule has 1 heterocycles. The Bertz CT molecular complexity index is 824. The van der Waals surface area contributed by atoms with Gasteiger partial charge in [-0.2, -0.15) is 0 Å². The van der Waals surface area contributed by atoms with Crippen LogP contribution in [-0.4, -0.2) is 51.0 Å². The first-order valence-electron chi connectivity index (χ1n) is 9.98. The number of piperidine rings is 1. The number of hydrogen-bond donors (Lipinski definition) is 0. The Morgan fingerprint density at radius 3 is 2.41 bits per heavy atom. The SMILES string of the molecule is Cc1c(OCCCC2CCN(C(=O)OC(C)(C)C)CC2)ccc(S(C)(=O)=O)c1F. The van der Waals surface area contributed by atoms with Gasteiger partial charge in [-0.15, -0.1) is 0 Å². The van der Waals surface area contributed by atoms with Gasteiger partial charge < -0.3 is 14.4 Å². The van der Waals surface area contributed by atoms with E-state index in [0.717, 1.165) is 31.9 Å². The molecule has 1 aliphatic rings. The number of amides is 1. The monoisotopic (exact) mass is 429 g/mol. The summed E-state index contributed by atoms with van der Waals surface area (Å²) in [7, 11) is -3.60. The van der Waals surface area contributed by atoms with Crippen LogP contribution in [-0.2, 0) is 14.6 Å². The fourth-order valence-corrected chi connectivity index (χ4v) is 4.16. The van der Waals surface area contributed by atoms with E-state index in [-0.39, 0.29) is 16.6 Å². The lowest BCUT2D eigenvalue weighted by Gasteiger charge is -2.33. The molecule has 2 rings (SSSR count). The van der Waals surface area contributed by atoms with Crippen molar-refractivity contribution in [1.29, 1.82) is 0 Å². The molecule has 1 amide bonds. The zero-order valence-corrected chi connectivity index (χ0v) is 18.8. The maximum atomic E-state index is 14.3. The molecule has 29 heavy (non-hydrogen) atoms. The Morgan fingerprint density at radius 2 is 1.86 bits per heavy atom. The maximum absolute atomic E-state index is 14.3. The van der Waals surface area contributed by atoms with Gasteiger partial charge in [0, 0.05) is 24.9 Å². The van der Waals surface area contributed by atoms with E-state index in [2.05, 4.69) is 0 Å². The van der Waals surface area contributed by atoms with E-state index >= 15 is 0 Å². The van der Waals surface area contributed by atoms with Gasteiger partial charge in [-0.25, -0.2) is 17.6 Å². The molecule has 0 bridgehead atoms. The van der Waals surface area contributed by atoms with Gasteiger partial charge in [0.1, 0.15) is 22.1 Å². The molecular weight excluding hydrogens is 397 g/mol. The maximum Gasteiger partial charge on any atom is 0.410 e. The van der Waals surface area contributed by atoms with E-state index in [1.54, 1.807) is 4.90 Å². The Balaban J connectivity index is 1.76. The van der Waals surface area contributed by atoms with Crippen molar-refractivity contribution in [2.24, 2.45) is 5.92 Å². The minimum absolute atomic E-state index is 0.207. The zero-order chi connectivity index (χ0) is 21.8. The second-order valence-corrected chi connectivity index (χ2v) is 10.7. The molecule has 1 aromatic carbocycles. The second kappa shape index (κ2) is 9.32. The van der Waals surface area contributed by atoms with Crippen LogP contribution < -0.4 is 4.74 Å². The van der Waals surface area contributed by atoms with Gasteiger partial charge in [0.2, 0.25) is 0 Å². The number of sulfone groups is 1. The average Bonchev–Trinajstić information content (AvgIpc) is 2.60. The predicted molar refractivity (Wildman–Crippen MR) is 110 cm³/mol. The quantitative estimate of drug-likeness (QED) is 0.629. The summed E-state index contributed by atoms with van der Waals surface area (Å²) in [6.07, 6.45) is 4.36. The standard InChI is InChI=1S/C21H32FNO5S/c1-15-17(8-9-18(19(15)22)29(5,25)26)27-14-6-7-16-10-12-23(13-11-16)20(24)28-21(2,3)4/h8-9,16H,6-7,10-14H2,1-5H3. The molecule has 1 saturated heterocycles. The molecule has 0 atom stereocenters. The summed E-state index contributed by atoms with van der Waals surface area (Å²) in [5, 5.41) is 0. The molecule has 0 aliphatic carbocycles. The van der Waals surface area contributed by atoms with Crippen molar-refractivity contribution < 1.29 is 27.1 Å². The lowest BCUT2D eigenvalue weighted by Crippen LogP contribution is -2.41. The molecule has 0 aromatic heterocycles. The highest BCUT2D eigenvalue weighted by Crippen LogP contribution is 2.27. The molecule has 164 valence electrons. The van der Waals surface area contributed by atoms with Gasteiger partial charge in [0.05, 0.1) is 6.61 Å². The van der Waals surface area contributed by atoms with Crippen molar-refractivity contribution in [3.63, 3.8) is 0 Å². The number of halogens is 1. The number of likely N-dealkylation sites (tertiary alicyclic amines) is 1. The number of nitrogens with zero attached hydrogens (tertiary/aromatic N) is 1. The number of carbonyl (C=O) groups is 1. The van der Waals surface area contributed by atoms with Gasteiger partial charge in [-0.05, 0) is 71.4 Å². The van der Waals surface area contributed by atoms with Gasteiger partial charge in [0.25, 0.3) is 0 Å². The van der Waals surface area contributed by atoms with Crippen LogP contribution in [0.1, 0.15) is 52.0 Å².